The molecule has 2 heterocycles. The van der Waals surface area contributed by atoms with Crippen LogP contribution >= 0.6 is 11.3 Å². The third-order valence-electron chi connectivity index (χ3n) is 2.12. The van der Waals surface area contributed by atoms with Crippen molar-refractivity contribution >= 4 is 22.4 Å². The van der Waals surface area contributed by atoms with E-state index in [1.807, 2.05) is 0 Å². The second-order valence-corrected chi connectivity index (χ2v) is 4.67. The van der Waals surface area contributed by atoms with Crippen LogP contribution in [-0.4, -0.2) is 25.9 Å². The van der Waals surface area contributed by atoms with Crippen LogP contribution in [0.3, 0.4) is 0 Å². The minimum absolute atomic E-state index is 0.211. The Hall–Kier alpha value is -1.76. The van der Waals surface area contributed by atoms with Crippen LogP contribution in [0, 0.1) is 0 Å². The molecule has 0 spiro atoms. The van der Waals surface area contributed by atoms with Crippen LogP contribution in [0.4, 0.5) is 5.13 Å². The lowest BCUT2D eigenvalue weighted by molar-refractivity contribution is 0.102. The van der Waals surface area contributed by atoms with Crippen LogP contribution in [-0.2, 0) is 13.5 Å². The molecule has 0 aliphatic carbocycles. The summed E-state index contributed by atoms with van der Waals surface area (Å²) in [4.78, 5) is 11.8. The number of carbonyl (C=O) groups is 1. The van der Waals surface area contributed by atoms with Gasteiger partial charge < -0.3 is 0 Å². The van der Waals surface area contributed by atoms with E-state index in [2.05, 4.69) is 27.5 Å². The molecular formula is C10H13N5OS. The van der Waals surface area contributed by atoms with E-state index in [1.165, 1.54) is 17.5 Å². The van der Waals surface area contributed by atoms with Gasteiger partial charge in [-0.3, -0.25) is 14.8 Å². The van der Waals surface area contributed by atoms with Gasteiger partial charge in [0.15, 0.2) is 0 Å². The molecule has 0 aliphatic heterocycles. The molecule has 0 saturated carbocycles. The average Bonchev–Trinajstić information content (AvgIpc) is 2.88. The van der Waals surface area contributed by atoms with E-state index in [0.29, 0.717) is 10.7 Å². The highest BCUT2D eigenvalue weighted by Gasteiger charge is 2.11. The van der Waals surface area contributed by atoms with Crippen molar-refractivity contribution < 1.29 is 4.79 Å². The summed E-state index contributed by atoms with van der Waals surface area (Å²) in [5, 5.41) is 16.0. The summed E-state index contributed by atoms with van der Waals surface area (Å²) >= 11 is 1.41. The summed E-state index contributed by atoms with van der Waals surface area (Å²) in [6, 6.07) is 0. The summed E-state index contributed by atoms with van der Waals surface area (Å²) < 4.78 is 1.58. The van der Waals surface area contributed by atoms with Crippen molar-refractivity contribution in [3.8, 4) is 0 Å². The molecule has 0 bridgehead atoms. The number of nitrogens with zero attached hydrogens (tertiary/aromatic N) is 4. The maximum absolute atomic E-state index is 11.8. The first-order valence-corrected chi connectivity index (χ1v) is 6.13. The van der Waals surface area contributed by atoms with Crippen LogP contribution < -0.4 is 5.32 Å². The summed E-state index contributed by atoms with van der Waals surface area (Å²) in [7, 11) is 1.76. The lowest BCUT2D eigenvalue weighted by atomic mass is 10.3. The minimum atomic E-state index is -0.211. The van der Waals surface area contributed by atoms with E-state index in [1.54, 1.807) is 17.9 Å². The summed E-state index contributed by atoms with van der Waals surface area (Å²) in [6.07, 6.45) is 5.08. The second kappa shape index (κ2) is 5.05. The van der Waals surface area contributed by atoms with E-state index in [4.69, 9.17) is 0 Å². The fourth-order valence-electron chi connectivity index (χ4n) is 1.33. The first-order chi connectivity index (χ1) is 8.19. The molecule has 0 aliphatic rings. The van der Waals surface area contributed by atoms with Gasteiger partial charge in [-0.2, -0.15) is 5.10 Å². The zero-order valence-electron chi connectivity index (χ0n) is 9.67. The van der Waals surface area contributed by atoms with Gasteiger partial charge in [0.2, 0.25) is 5.13 Å². The Balaban J connectivity index is 2.02. The molecule has 0 radical (unpaired) electrons. The predicted octanol–water partition coefficient (Wildman–Crippen LogP) is 1.48. The minimum Gasteiger partial charge on any atom is -0.296 e. The Morgan fingerprint density at radius 1 is 1.53 bits per heavy atom. The lowest BCUT2D eigenvalue weighted by Gasteiger charge is -1.96. The molecule has 2 aromatic rings. The molecule has 2 rings (SSSR count). The number of carbonyl (C=O) groups excluding carboxylic acids is 1. The number of rotatable bonds is 4. The number of amides is 1. The number of anilines is 1. The highest BCUT2D eigenvalue weighted by atomic mass is 32.1. The van der Waals surface area contributed by atoms with Crippen LogP contribution in [0.15, 0.2) is 12.4 Å². The summed E-state index contributed by atoms with van der Waals surface area (Å²) in [5.74, 6) is -0.211. The highest BCUT2D eigenvalue weighted by molar-refractivity contribution is 7.15. The Kier molecular flexibility index (Phi) is 3.48. The van der Waals surface area contributed by atoms with Gasteiger partial charge in [-0.1, -0.05) is 18.3 Å². The molecular weight excluding hydrogens is 238 g/mol. The molecule has 7 heteroatoms. The molecule has 17 heavy (non-hydrogen) atoms. The average molecular weight is 251 g/mol. The first kappa shape index (κ1) is 11.7. The van der Waals surface area contributed by atoms with Crippen molar-refractivity contribution in [3.05, 3.63) is 23.0 Å². The van der Waals surface area contributed by atoms with Crippen molar-refractivity contribution in [2.45, 2.75) is 19.8 Å². The summed E-state index contributed by atoms with van der Waals surface area (Å²) in [5.41, 5.74) is 0.514. The Morgan fingerprint density at radius 2 is 2.35 bits per heavy atom. The molecule has 1 N–H and O–H groups in total. The monoisotopic (exact) mass is 251 g/mol. The van der Waals surface area contributed by atoms with Crippen molar-refractivity contribution in [3.63, 3.8) is 0 Å². The molecule has 2 aromatic heterocycles. The number of hydrogen-bond acceptors (Lipinski definition) is 5. The maximum atomic E-state index is 11.8. The molecule has 0 unspecified atom stereocenters. The number of hydrogen-bond donors (Lipinski definition) is 1. The third kappa shape index (κ3) is 2.88. The molecule has 1 amide bonds. The normalized spacial score (nSPS) is 10.5. The Morgan fingerprint density at radius 3 is 3.00 bits per heavy atom. The van der Waals surface area contributed by atoms with E-state index in [9.17, 15) is 4.79 Å². The fourth-order valence-corrected chi connectivity index (χ4v) is 2.16. The third-order valence-corrected chi connectivity index (χ3v) is 3.02. The smallest absolute Gasteiger partial charge is 0.260 e. The molecule has 90 valence electrons. The maximum Gasteiger partial charge on any atom is 0.260 e. The van der Waals surface area contributed by atoms with Crippen molar-refractivity contribution in [2.24, 2.45) is 7.05 Å². The standard InChI is InChI=1S/C10H13N5OS/c1-3-4-8-13-14-10(17-8)12-9(16)7-5-11-15(2)6-7/h5-6H,3-4H2,1-2H3,(H,12,14,16). The van der Waals surface area contributed by atoms with E-state index in [0.717, 1.165) is 17.8 Å². The van der Waals surface area contributed by atoms with Gasteiger partial charge in [0.25, 0.3) is 5.91 Å². The molecule has 6 nitrogen and oxygen atoms in total. The SMILES string of the molecule is CCCc1nnc(NC(=O)c2cnn(C)c2)s1. The zero-order valence-corrected chi connectivity index (χ0v) is 10.5. The van der Waals surface area contributed by atoms with Crippen molar-refractivity contribution in [1.82, 2.24) is 20.0 Å². The van der Waals surface area contributed by atoms with Gasteiger partial charge in [-0.05, 0) is 6.42 Å². The second-order valence-electron chi connectivity index (χ2n) is 3.61. The van der Waals surface area contributed by atoms with Crippen molar-refractivity contribution in [2.75, 3.05) is 5.32 Å². The van der Waals surface area contributed by atoms with Crippen LogP contribution in [0.1, 0.15) is 28.7 Å². The van der Waals surface area contributed by atoms with E-state index >= 15 is 0 Å². The van der Waals surface area contributed by atoms with Gasteiger partial charge in [0.05, 0.1) is 11.8 Å². The molecule has 0 aromatic carbocycles. The van der Waals surface area contributed by atoms with Gasteiger partial charge >= 0.3 is 0 Å². The Bertz CT molecular complexity index is 518. The fraction of sp³-hybridized carbons (Fsp3) is 0.400. The Labute approximate surface area is 103 Å². The number of nitrogens with one attached hydrogen (secondary N) is 1. The van der Waals surface area contributed by atoms with E-state index in [-0.39, 0.29) is 5.91 Å². The molecule has 0 fully saturated rings. The van der Waals surface area contributed by atoms with Crippen molar-refractivity contribution in [1.29, 1.82) is 0 Å². The molecule has 0 atom stereocenters. The largest absolute Gasteiger partial charge is 0.296 e. The van der Waals surface area contributed by atoms with E-state index < -0.39 is 0 Å². The number of aryl methyl sites for hydroxylation is 2. The zero-order chi connectivity index (χ0) is 12.3. The lowest BCUT2D eigenvalue weighted by Crippen LogP contribution is -2.10. The predicted molar refractivity (Wildman–Crippen MR) is 65.1 cm³/mol. The number of aromatic nitrogens is 4. The highest BCUT2D eigenvalue weighted by Crippen LogP contribution is 2.17. The van der Waals surface area contributed by atoms with Gasteiger partial charge in [-0.25, -0.2) is 0 Å². The van der Waals surface area contributed by atoms with Crippen LogP contribution in [0.2, 0.25) is 0 Å². The topological polar surface area (TPSA) is 72.7 Å². The van der Waals surface area contributed by atoms with Gasteiger partial charge in [0.1, 0.15) is 5.01 Å². The van der Waals surface area contributed by atoms with Crippen LogP contribution in [0.5, 0.6) is 0 Å². The first-order valence-electron chi connectivity index (χ1n) is 5.31. The summed E-state index contributed by atoms with van der Waals surface area (Å²) in [6.45, 7) is 2.08. The van der Waals surface area contributed by atoms with Crippen LogP contribution in [0.25, 0.3) is 0 Å². The molecule has 0 saturated heterocycles. The van der Waals surface area contributed by atoms with Gasteiger partial charge in [-0.15, -0.1) is 10.2 Å². The quantitative estimate of drug-likeness (QED) is 0.893. The van der Waals surface area contributed by atoms with Gasteiger partial charge in [0, 0.05) is 19.7 Å².